The van der Waals surface area contributed by atoms with Crippen LogP contribution in [0.15, 0.2) is 18.2 Å². The Hall–Kier alpha value is -1.92. The molecule has 21 heavy (non-hydrogen) atoms. The van der Waals surface area contributed by atoms with Crippen molar-refractivity contribution in [3.05, 3.63) is 23.8 Å². The Bertz CT molecular complexity index is 573. The van der Waals surface area contributed by atoms with E-state index in [-0.39, 0.29) is 24.0 Å². The van der Waals surface area contributed by atoms with Crippen molar-refractivity contribution in [1.29, 1.82) is 0 Å². The minimum atomic E-state index is -0.357. The zero-order valence-corrected chi connectivity index (χ0v) is 11.9. The van der Waals surface area contributed by atoms with Gasteiger partial charge in [-0.1, -0.05) is 6.07 Å². The smallest absolute Gasteiger partial charge is 0.244 e. The average molecular weight is 289 g/mol. The van der Waals surface area contributed by atoms with Gasteiger partial charge < -0.3 is 20.7 Å². The molecule has 1 aromatic rings. The minimum absolute atomic E-state index is 0.0157. The zero-order valence-electron chi connectivity index (χ0n) is 11.9. The second kappa shape index (κ2) is 5.83. The maximum Gasteiger partial charge on any atom is 0.244 e. The highest BCUT2D eigenvalue weighted by atomic mass is 16.5. The largest absolute Gasteiger partial charge is 0.375 e. The van der Waals surface area contributed by atoms with Gasteiger partial charge in [-0.15, -0.1) is 0 Å². The Morgan fingerprint density at radius 3 is 3.05 bits per heavy atom. The highest BCUT2D eigenvalue weighted by Gasteiger charge is 2.28. The molecule has 1 fully saturated rings. The minimum Gasteiger partial charge on any atom is -0.375 e. The lowest BCUT2D eigenvalue weighted by Crippen LogP contribution is -2.53. The van der Waals surface area contributed by atoms with Crippen LogP contribution < -0.4 is 16.0 Å². The van der Waals surface area contributed by atoms with E-state index in [1.807, 2.05) is 19.1 Å². The highest BCUT2D eigenvalue weighted by Crippen LogP contribution is 2.26. The summed E-state index contributed by atoms with van der Waals surface area (Å²) in [5, 5.41) is 8.86. The second-order valence-corrected chi connectivity index (χ2v) is 5.42. The number of nitrogens with one attached hydrogen (secondary N) is 3. The van der Waals surface area contributed by atoms with Gasteiger partial charge in [0, 0.05) is 24.3 Å². The molecule has 0 spiro atoms. The van der Waals surface area contributed by atoms with E-state index in [1.54, 1.807) is 6.07 Å². The number of anilines is 2. The summed E-state index contributed by atoms with van der Waals surface area (Å²) in [7, 11) is 0. The molecule has 2 amide bonds. The maximum atomic E-state index is 12.3. The van der Waals surface area contributed by atoms with Crippen LogP contribution in [-0.2, 0) is 20.7 Å². The van der Waals surface area contributed by atoms with Gasteiger partial charge in [-0.25, -0.2) is 0 Å². The van der Waals surface area contributed by atoms with Gasteiger partial charge in [-0.3, -0.25) is 9.59 Å². The zero-order chi connectivity index (χ0) is 14.8. The summed E-state index contributed by atoms with van der Waals surface area (Å²) >= 11 is 0. The van der Waals surface area contributed by atoms with Gasteiger partial charge in [0.25, 0.3) is 0 Å². The van der Waals surface area contributed by atoms with Crippen LogP contribution in [0, 0.1) is 0 Å². The fraction of sp³-hybridized carbons (Fsp3) is 0.467. The molecule has 6 nitrogen and oxygen atoms in total. The predicted molar refractivity (Wildman–Crippen MR) is 79.2 cm³/mol. The SMILES string of the molecule is C[C@H]1OCCN[C@@H]1C(=O)Nc1ccc2c(c1)NC(=O)CC2. The third kappa shape index (κ3) is 3.06. The van der Waals surface area contributed by atoms with Crippen LogP contribution in [0.3, 0.4) is 0 Å². The number of amides is 2. The van der Waals surface area contributed by atoms with E-state index in [2.05, 4.69) is 16.0 Å². The molecule has 3 N–H and O–H groups in total. The van der Waals surface area contributed by atoms with Gasteiger partial charge >= 0.3 is 0 Å². The Morgan fingerprint density at radius 2 is 2.24 bits per heavy atom. The van der Waals surface area contributed by atoms with Gasteiger partial charge in [-0.05, 0) is 31.0 Å². The van der Waals surface area contributed by atoms with Crippen molar-refractivity contribution in [1.82, 2.24) is 5.32 Å². The number of hydrogen-bond acceptors (Lipinski definition) is 4. The van der Waals surface area contributed by atoms with Crippen LogP contribution in [0.25, 0.3) is 0 Å². The van der Waals surface area contributed by atoms with Gasteiger partial charge in [0.05, 0.1) is 12.7 Å². The number of benzene rings is 1. The molecule has 2 heterocycles. The van der Waals surface area contributed by atoms with E-state index in [0.29, 0.717) is 25.3 Å². The Kier molecular flexibility index (Phi) is 3.90. The summed E-state index contributed by atoms with van der Waals surface area (Å²) < 4.78 is 5.47. The van der Waals surface area contributed by atoms with E-state index < -0.39 is 0 Å². The summed E-state index contributed by atoms with van der Waals surface area (Å²) in [5.41, 5.74) is 2.56. The number of hydrogen-bond donors (Lipinski definition) is 3. The molecule has 0 saturated carbocycles. The van der Waals surface area contributed by atoms with E-state index in [9.17, 15) is 9.59 Å². The Labute approximate surface area is 123 Å². The quantitative estimate of drug-likeness (QED) is 0.755. The molecule has 0 unspecified atom stereocenters. The summed E-state index contributed by atoms with van der Waals surface area (Å²) in [5.74, 6) is -0.105. The lowest BCUT2D eigenvalue weighted by molar-refractivity contribution is -0.123. The van der Waals surface area contributed by atoms with E-state index in [0.717, 1.165) is 17.7 Å². The maximum absolute atomic E-state index is 12.3. The van der Waals surface area contributed by atoms with Crippen molar-refractivity contribution >= 4 is 23.2 Å². The molecule has 0 radical (unpaired) electrons. The third-order valence-corrected chi connectivity index (χ3v) is 3.87. The lowest BCUT2D eigenvalue weighted by atomic mass is 10.0. The number of rotatable bonds is 2. The van der Waals surface area contributed by atoms with E-state index >= 15 is 0 Å². The first-order valence-electron chi connectivity index (χ1n) is 7.22. The van der Waals surface area contributed by atoms with Gasteiger partial charge in [0.2, 0.25) is 11.8 Å². The molecule has 0 aliphatic carbocycles. The molecule has 0 bridgehead atoms. The summed E-state index contributed by atoms with van der Waals surface area (Å²) in [4.78, 5) is 23.7. The summed E-state index contributed by atoms with van der Waals surface area (Å²) in [6.45, 7) is 3.17. The van der Waals surface area contributed by atoms with Crippen molar-refractivity contribution in [3.63, 3.8) is 0 Å². The Morgan fingerprint density at radius 1 is 1.38 bits per heavy atom. The molecular formula is C15H19N3O3. The number of fused-ring (bicyclic) bond motifs is 1. The normalized spacial score (nSPS) is 24.9. The number of ether oxygens (including phenoxy) is 1. The van der Waals surface area contributed by atoms with Crippen molar-refractivity contribution in [2.24, 2.45) is 0 Å². The molecule has 2 aliphatic heterocycles. The molecule has 1 saturated heterocycles. The van der Waals surface area contributed by atoms with E-state index in [4.69, 9.17) is 4.74 Å². The number of carbonyl (C=O) groups is 2. The van der Waals surface area contributed by atoms with Gasteiger partial charge in [0.15, 0.2) is 0 Å². The molecular weight excluding hydrogens is 270 g/mol. The lowest BCUT2D eigenvalue weighted by Gasteiger charge is -2.29. The van der Waals surface area contributed by atoms with E-state index in [1.165, 1.54) is 0 Å². The average Bonchev–Trinajstić information content (AvgIpc) is 2.47. The van der Waals surface area contributed by atoms with Crippen LogP contribution in [0.4, 0.5) is 11.4 Å². The number of aryl methyl sites for hydroxylation is 1. The standard InChI is InChI=1S/C15H19N3O3/c1-9-14(16-6-7-21-9)15(20)17-11-4-2-10-3-5-13(19)18-12(10)8-11/h2,4,8-9,14,16H,3,5-7H2,1H3,(H,17,20)(H,18,19)/t9-,14+/m1/s1. The van der Waals surface area contributed by atoms with Crippen molar-refractivity contribution in [3.8, 4) is 0 Å². The first-order valence-corrected chi connectivity index (χ1v) is 7.22. The Balaban J connectivity index is 1.71. The highest BCUT2D eigenvalue weighted by molar-refractivity contribution is 5.98. The fourth-order valence-corrected chi connectivity index (χ4v) is 2.70. The van der Waals surface area contributed by atoms with Crippen molar-refractivity contribution < 1.29 is 14.3 Å². The molecule has 112 valence electrons. The van der Waals surface area contributed by atoms with Crippen LogP contribution in [-0.4, -0.2) is 37.1 Å². The second-order valence-electron chi connectivity index (χ2n) is 5.42. The fourth-order valence-electron chi connectivity index (χ4n) is 2.70. The molecule has 3 rings (SSSR count). The molecule has 6 heteroatoms. The summed E-state index contributed by atoms with van der Waals surface area (Å²) in [6, 6.07) is 5.25. The molecule has 1 aromatic carbocycles. The van der Waals surface area contributed by atoms with Crippen LogP contribution >= 0.6 is 0 Å². The topological polar surface area (TPSA) is 79.5 Å². The van der Waals surface area contributed by atoms with Crippen LogP contribution in [0.2, 0.25) is 0 Å². The third-order valence-electron chi connectivity index (χ3n) is 3.87. The predicted octanol–water partition coefficient (Wildman–Crippen LogP) is 0.887. The molecule has 0 aromatic heterocycles. The van der Waals surface area contributed by atoms with Crippen LogP contribution in [0.1, 0.15) is 18.9 Å². The molecule has 2 aliphatic rings. The van der Waals surface area contributed by atoms with Gasteiger partial charge in [0.1, 0.15) is 6.04 Å². The van der Waals surface area contributed by atoms with Crippen molar-refractivity contribution in [2.75, 3.05) is 23.8 Å². The first kappa shape index (κ1) is 14.0. The number of carbonyl (C=O) groups excluding carboxylic acids is 2. The molecule has 2 atom stereocenters. The van der Waals surface area contributed by atoms with Gasteiger partial charge in [-0.2, -0.15) is 0 Å². The van der Waals surface area contributed by atoms with Crippen LogP contribution in [0.5, 0.6) is 0 Å². The number of morpholine rings is 1. The summed E-state index contributed by atoms with van der Waals surface area (Å²) in [6.07, 6.45) is 1.10. The first-order chi connectivity index (χ1) is 10.1. The van der Waals surface area contributed by atoms with Crippen molar-refractivity contribution in [2.45, 2.75) is 31.9 Å². The monoisotopic (exact) mass is 289 g/mol.